The van der Waals surface area contributed by atoms with Crippen LogP contribution >= 0.6 is 7.92 Å². The van der Waals surface area contributed by atoms with Crippen molar-refractivity contribution in [2.24, 2.45) is 0 Å². The second-order valence-electron chi connectivity index (χ2n) is 6.66. The molecule has 0 aliphatic heterocycles. The quantitative estimate of drug-likeness (QED) is 0.252. The fraction of sp³-hybridized carbons (Fsp3) is 0.417. The molecule has 0 saturated heterocycles. The van der Waals surface area contributed by atoms with E-state index >= 15 is 0 Å². The lowest BCUT2D eigenvalue weighted by atomic mass is 10.1. The Balaban J connectivity index is 1.90. The van der Waals surface area contributed by atoms with Crippen LogP contribution in [0.1, 0.15) is 45.4 Å². The van der Waals surface area contributed by atoms with E-state index in [4.69, 9.17) is 4.74 Å². The summed E-state index contributed by atoms with van der Waals surface area (Å²) in [6.45, 7) is 2.26. The highest BCUT2D eigenvalue weighted by molar-refractivity contribution is 7.73. The van der Waals surface area contributed by atoms with Crippen LogP contribution in [0.4, 0.5) is 0 Å². The summed E-state index contributed by atoms with van der Waals surface area (Å²) >= 11 is 0. The molecule has 0 fully saturated rings. The Bertz CT molecular complexity index is 569. The lowest BCUT2D eigenvalue weighted by Crippen LogP contribution is -2.13. The highest BCUT2D eigenvalue weighted by atomic mass is 31.1. The first-order valence-corrected chi connectivity index (χ1v) is 11.4. The number of hydrogen-bond acceptors (Lipinski definition) is 1. The maximum absolute atomic E-state index is 5.63. The van der Waals surface area contributed by atoms with Gasteiger partial charge >= 0.3 is 0 Å². The van der Waals surface area contributed by atoms with E-state index in [1.165, 1.54) is 42.5 Å². The van der Waals surface area contributed by atoms with Gasteiger partial charge in [0.05, 0.1) is 6.10 Å². The number of methoxy groups -OCH3 is 1. The average molecular weight is 369 g/mol. The summed E-state index contributed by atoms with van der Waals surface area (Å²) in [6.07, 6.45) is 13.5. The molecule has 2 aromatic carbocycles. The van der Waals surface area contributed by atoms with Gasteiger partial charge in [0.15, 0.2) is 0 Å². The third-order valence-electron chi connectivity index (χ3n) is 4.65. The maximum atomic E-state index is 5.63. The van der Waals surface area contributed by atoms with Crippen LogP contribution < -0.4 is 10.6 Å². The molecule has 0 saturated carbocycles. The molecule has 2 heteroatoms. The van der Waals surface area contributed by atoms with E-state index in [1.54, 1.807) is 0 Å². The number of hydrogen-bond donors (Lipinski definition) is 0. The number of benzene rings is 2. The summed E-state index contributed by atoms with van der Waals surface area (Å²) in [5, 5.41) is 2.93. The Hall–Kier alpha value is -1.43. The van der Waals surface area contributed by atoms with Crippen molar-refractivity contribution >= 4 is 18.5 Å². The van der Waals surface area contributed by atoms with Gasteiger partial charge in [0.25, 0.3) is 0 Å². The topological polar surface area (TPSA) is 9.23 Å². The van der Waals surface area contributed by atoms with Gasteiger partial charge in [-0.3, -0.25) is 0 Å². The zero-order chi connectivity index (χ0) is 18.5. The van der Waals surface area contributed by atoms with Crippen LogP contribution in [0.3, 0.4) is 0 Å². The molecule has 26 heavy (non-hydrogen) atoms. The van der Waals surface area contributed by atoms with Crippen molar-refractivity contribution < 1.29 is 4.74 Å². The van der Waals surface area contributed by atoms with E-state index in [1.807, 2.05) is 7.11 Å². The van der Waals surface area contributed by atoms with E-state index in [-0.39, 0.29) is 14.0 Å². The second-order valence-corrected chi connectivity index (χ2v) is 9.00. The molecule has 2 aromatic rings. The van der Waals surface area contributed by atoms with Gasteiger partial charge in [-0.05, 0) is 37.5 Å². The van der Waals surface area contributed by atoms with Crippen molar-refractivity contribution in [2.75, 3.05) is 13.3 Å². The lowest BCUT2D eigenvalue weighted by Gasteiger charge is -2.18. The Morgan fingerprint density at radius 3 is 2.04 bits per heavy atom. The van der Waals surface area contributed by atoms with Gasteiger partial charge in [-0.2, -0.15) is 0 Å². The van der Waals surface area contributed by atoms with Crippen molar-refractivity contribution in [3.8, 4) is 0 Å². The predicted molar refractivity (Wildman–Crippen MR) is 117 cm³/mol. The predicted octanol–water partition coefficient (Wildman–Crippen LogP) is 6.05. The molecule has 0 N–H and O–H groups in total. The highest BCUT2D eigenvalue weighted by Gasteiger charge is 2.12. The Morgan fingerprint density at radius 1 is 0.885 bits per heavy atom. The fourth-order valence-corrected chi connectivity index (χ4v) is 5.43. The van der Waals surface area contributed by atoms with Crippen molar-refractivity contribution in [2.45, 2.75) is 51.6 Å². The van der Waals surface area contributed by atoms with E-state index in [2.05, 4.69) is 79.7 Å². The van der Waals surface area contributed by atoms with Gasteiger partial charge in [0.1, 0.15) is 0 Å². The molecule has 0 aromatic heterocycles. The van der Waals surface area contributed by atoms with Gasteiger partial charge in [-0.15, -0.1) is 0 Å². The van der Waals surface area contributed by atoms with E-state index < -0.39 is 0 Å². The molecular formula is C24H33OP. The third-order valence-corrected chi connectivity index (χ3v) is 7.20. The molecule has 0 radical (unpaired) electrons. The summed E-state index contributed by atoms with van der Waals surface area (Å²) in [6, 6.07) is 21.9. The standard InChI is InChI=1S/C24H33OP/c1-3-4-5-8-15-22(25-2)16-13-14-21-26(23-17-9-6-10-18-23)24-19-11-7-12-20-24/h6-7,9-13,16-20,22H,3-5,8,14-15,21H2,1-2H3/b16-13+. The SMILES string of the molecule is CCCCCCC(/C=C/CCP(c1ccccc1)c1ccccc1)OC. The van der Waals surface area contributed by atoms with Crippen molar-refractivity contribution in [1.29, 1.82) is 0 Å². The summed E-state index contributed by atoms with van der Waals surface area (Å²) < 4.78 is 5.63. The van der Waals surface area contributed by atoms with Crippen molar-refractivity contribution in [3.63, 3.8) is 0 Å². The molecule has 0 bridgehead atoms. The first-order valence-electron chi connectivity index (χ1n) is 9.92. The van der Waals surface area contributed by atoms with E-state index in [9.17, 15) is 0 Å². The Kier molecular flexibility index (Phi) is 10.3. The molecule has 0 aliphatic rings. The molecule has 0 heterocycles. The third kappa shape index (κ3) is 7.44. The fourth-order valence-electron chi connectivity index (χ4n) is 3.14. The number of allylic oxidation sites excluding steroid dienone is 1. The van der Waals surface area contributed by atoms with Crippen LogP contribution in [0.25, 0.3) is 0 Å². The lowest BCUT2D eigenvalue weighted by molar-refractivity contribution is 0.130. The van der Waals surface area contributed by atoms with Crippen molar-refractivity contribution in [3.05, 3.63) is 72.8 Å². The summed E-state index contributed by atoms with van der Waals surface area (Å²) in [5.74, 6) is 0. The first-order chi connectivity index (χ1) is 12.8. The molecular weight excluding hydrogens is 335 g/mol. The van der Waals surface area contributed by atoms with Gasteiger partial charge < -0.3 is 4.74 Å². The van der Waals surface area contributed by atoms with Crippen LogP contribution in [-0.4, -0.2) is 19.4 Å². The maximum Gasteiger partial charge on any atom is 0.0752 e. The van der Waals surface area contributed by atoms with Crippen LogP contribution in [0, 0.1) is 0 Å². The number of ether oxygens (including phenoxy) is 1. The second kappa shape index (κ2) is 12.8. The Morgan fingerprint density at radius 2 is 1.50 bits per heavy atom. The molecule has 2 rings (SSSR count). The summed E-state index contributed by atoms with van der Waals surface area (Å²) in [4.78, 5) is 0. The summed E-state index contributed by atoms with van der Waals surface area (Å²) in [7, 11) is 1.54. The zero-order valence-electron chi connectivity index (χ0n) is 16.3. The smallest absolute Gasteiger partial charge is 0.0752 e. The minimum Gasteiger partial charge on any atom is -0.377 e. The van der Waals surface area contributed by atoms with Crippen LogP contribution in [0.15, 0.2) is 72.8 Å². The van der Waals surface area contributed by atoms with Gasteiger partial charge in [0.2, 0.25) is 0 Å². The largest absolute Gasteiger partial charge is 0.377 e. The van der Waals surface area contributed by atoms with E-state index in [0.717, 1.165) is 12.8 Å². The minimum absolute atomic E-state index is 0.270. The molecule has 140 valence electrons. The molecule has 1 nitrogen and oxygen atoms in total. The highest BCUT2D eigenvalue weighted by Crippen LogP contribution is 2.34. The number of unbranched alkanes of at least 4 members (excludes halogenated alkanes) is 3. The number of rotatable bonds is 12. The first kappa shape index (κ1) is 20.9. The van der Waals surface area contributed by atoms with Crippen molar-refractivity contribution in [1.82, 2.24) is 0 Å². The molecule has 1 unspecified atom stereocenters. The molecule has 0 amide bonds. The average Bonchev–Trinajstić information content (AvgIpc) is 2.71. The Labute approximate surface area is 161 Å². The molecule has 0 spiro atoms. The zero-order valence-corrected chi connectivity index (χ0v) is 17.2. The van der Waals surface area contributed by atoms with E-state index in [0.29, 0.717) is 0 Å². The van der Waals surface area contributed by atoms with Gasteiger partial charge in [0, 0.05) is 7.11 Å². The van der Waals surface area contributed by atoms with Crippen LogP contribution in [-0.2, 0) is 4.74 Å². The van der Waals surface area contributed by atoms with Crippen LogP contribution in [0.2, 0.25) is 0 Å². The minimum atomic E-state index is -0.294. The van der Waals surface area contributed by atoms with Gasteiger partial charge in [-0.1, -0.05) is 105 Å². The monoisotopic (exact) mass is 368 g/mol. The van der Waals surface area contributed by atoms with Crippen LogP contribution in [0.5, 0.6) is 0 Å². The normalized spacial score (nSPS) is 12.7. The van der Waals surface area contributed by atoms with Gasteiger partial charge in [-0.25, -0.2) is 0 Å². The molecule has 1 atom stereocenters. The summed E-state index contributed by atoms with van der Waals surface area (Å²) in [5.41, 5.74) is 0. The molecule has 0 aliphatic carbocycles.